The van der Waals surface area contributed by atoms with E-state index in [-0.39, 0.29) is 19.3 Å². The lowest BCUT2D eigenvalue weighted by Crippen LogP contribution is -2.30. The minimum atomic E-state index is -4.94. The summed E-state index contributed by atoms with van der Waals surface area (Å²) in [5.74, 6) is -1.63. The normalized spacial score (nSPS) is 14.9. The van der Waals surface area contributed by atoms with Crippen molar-refractivity contribution in [2.45, 2.75) is 309 Å². The molecule has 0 radical (unpaired) electrons. The number of allylic oxidation sites excluding steroid dienone is 24. The van der Waals surface area contributed by atoms with E-state index in [1.165, 1.54) is 77.0 Å². The highest BCUT2D eigenvalue weighted by Crippen LogP contribution is 2.45. The smallest absolute Gasteiger partial charge is 0.463 e. The van der Waals surface area contributed by atoms with Crippen molar-refractivity contribution in [1.82, 2.24) is 0 Å². The number of carbonyl (C=O) groups is 3. The summed E-state index contributed by atoms with van der Waals surface area (Å²) in [5.41, 5.74) is 0. The van der Waals surface area contributed by atoms with Crippen LogP contribution in [0.1, 0.15) is 290 Å². The Bertz CT molecular complexity index is 2380. The second-order valence-electron chi connectivity index (χ2n) is 25.0. The highest BCUT2D eigenvalue weighted by Gasteiger charge is 2.29. The molecule has 0 aromatic carbocycles. The van der Waals surface area contributed by atoms with Gasteiger partial charge in [0.05, 0.1) is 26.4 Å². The van der Waals surface area contributed by atoms with Gasteiger partial charge in [-0.15, -0.1) is 0 Å². The van der Waals surface area contributed by atoms with Crippen LogP contribution in [0, 0.1) is 0 Å². The van der Waals surface area contributed by atoms with E-state index in [1.54, 1.807) is 0 Å². The Morgan fingerprint density at radius 1 is 0.293 bits per heavy atom. The van der Waals surface area contributed by atoms with Crippen LogP contribution in [0.5, 0.6) is 0 Å². The molecule has 0 bridgehead atoms. The van der Waals surface area contributed by atoms with Gasteiger partial charge in [0.15, 0.2) is 6.10 Å². The van der Waals surface area contributed by atoms with Crippen LogP contribution in [0.4, 0.5) is 0 Å². The second kappa shape index (κ2) is 73.2. The Morgan fingerprint density at radius 3 is 0.869 bits per heavy atom. The van der Waals surface area contributed by atoms with E-state index in [1.807, 2.05) is 0 Å². The lowest BCUT2D eigenvalue weighted by Gasteiger charge is -2.21. The zero-order valence-corrected chi connectivity index (χ0v) is 63.4. The van der Waals surface area contributed by atoms with Gasteiger partial charge in [-0.05, 0) is 135 Å². The fraction of sp³-hybridized carbons (Fsp3) is 0.667. The van der Waals surface area contributed by atoms with Gasteiger partial charge >= 0.3 is 33.6 Å². The maximum Gasteiger partial charge on any atom is 0.472 e. The molecule has 0 heterocycles. The predicted molar refractivity (Wildman–Crippen MR) is 408 cm³/mol. The van der Waals surface area contributed by atoms with Crippen LogP contribution >= 0.6 is 15.6 Å². The standard InChI is InChI=1S/C81H136O16P2/c1-4-7-10-13-16-19-22-24-26-28-30-31-32-33-34-35-36-37-38-39-40-41-42-43-45-47-48-50-53-55-58-61-64-67-79(84)91-70-76(82)71-93-98(87,88)94-72-77(83)73-95-99(89,90)96-75-78(97-81(86)69-66-63-60-57-52-21-18-15-12-9-6-3)74-92-80(85)68-65-62-59-56-54-51-49-46-44-29-27-25-23-20-17-14-11-8-5-2/h7-8,10-11,15-20,24-27,30-31,33-34,36-37,44,46,51,54,76-78,82-83H,4-6,9,12-14,21-23,28-29,32,35,38-43,45,47-50,52-53,55-75H2,1-3H3,(H,87,88)(H,89,90)/b10-7-,11-8-,18-15-,19-16-,20-17-,26-24-,27-25-,31-30-,34-33-,37-36-,46-44-,54-51-. The van der Waals surface area contributed by atoms with Crippen molar-refractivity contribution < 1.29 is 75.8 Å². The van der Waals surface area contributed by atoms with E-state index in [2.05, 4.69) is 167 Å². The number of esters is 3. The molecule has 566 valence electrons. The first-order chi connectivity index (χ1) is 48.2. The molecule has 4 N–H and O–H groups in total. The molecule has 0 fully saturated rings. The van der Waals surface area contributed by atoms with Crippen molar-refractivity contribution in [2.75, 3.05) is 39.6 Å². The average molecular weight is 1430 g/mol. The van der Waals surface area contributed by atoms with Crippen molar-refractivity contribution in [2.24, 2.45) is 0 Å². The van der Waals surface area contributed by atoms with Crippen LogP contribution in [0.25, 0.3) is 0 Å². The summed E-state index contributed by atoms with van der Waals surface area (Å²) in [5, 5.41) is 20.6. The molecule has 0 aliphatic heterocycles. The van der Waals surface area contributed by atoms with Gasteiger partial charge in [0.2, 0.25) is 0 Å². The first kappa shape index (κ1) is 94.4. The molecule has 0 aromatic rings. The molecular formula is C81H136O16P2. The largest absolute Gasteiger partial charge is 0.472 e. The van der Waals surface area contributed by atoms with Gasteiger partial charge < -0.3 is 34.2 Å². The number of rotatable bonds is 71. The van der Waals surface area contributed by atoms with Crippen molar-refractivity contribution in [3.63, 3.8) is 0 Å². The van der Waals surface area contributed by atoms with Crippen molar-refractivity contribution in [3.8, 4) is 0 Å². The Hall–Kier alpha value is -4.57. The first-order valence-electron chi connectivity index (χ1n) is 38.1. The first-order valence-corrected chi connectivity index (χ1v) is 41.1. The third-order valence-corrected chi connectivity index (χ3v) is 17.4. The monoisotopic (exact) mass is 1430 g/mol. The van der Waals surface area contributed by atoms with Gasteiger partial charge in [-0.3, -0.25) is 32.5 Å². The van der Waals surface area contributed by atoms with Crippen LogP contribution in [-0.2, 0) is 55.8 Å². The van der Waals surface area contributed by atoms with E-state index in [0.717, 1.165) is 154 Å². The van der Waals surface area contributed by atoms with Crippen LogP contribution in [0.3, 0.4) is 0 Å². The number of unbranched alkanes of at least 4 members (excludes halogenated alkanes) is 24. The summed E-state index contributed by atoms with van der Waals surface area (Å²) in [4.78, 5) is 58.4. The van der Waals surface area contributed by atoms with Gasteiger partial charge in [0, 0.05) is 19.3 Å². The number of hydrogen-bond acceptors (Lipinski definition) is 14. The van der Waals surface area contributed by atoms with Crippen LogP contribution in [-0.4, -0.2) is 95.9 Å². The molecule has 0 aliphatic rings. The topological polar surface area (TPSA) is 231 Å². The van der Waals surface area contributed by atoms with Crippen LogP contribution in [0.15, 0.2) is 146 Å². The number of ether oxygens (including phenoxy) is 3. The molecule has 0 saturated carbocycles. The maximum atomic E-state index is 12.9. The molecular weight excluding hydrogens is 1290 g/mol. The molecule has 0 spiro atoms. The van der Waals surface area contributed by atoms with E-state index in [9.17, 15) is 43.5 Å². The Morgan fingerprint density at radius 2 is 0.535 bits per heavy atom. The van der Waals surface area contributed by atoms with Gasteiger partial charge in [-0.1, -0.05) is 282 Å². The Balaban J connectivity index is 4.41. The molecule has 16 nitrogen and oxygen atoms in total. The summed E-state index contributed by atoms with van der Waals surface area (Å²) in [6, 6.07) is 0. The third kappa shape index (κ3) is 74.4. The van der Waals surface area contributed by atoms with E-state index >= 15 is 0 Å². The van der Waals surface area contributed by atoms with Gasteiger partial charge in [-0.25, -0.2) is 9.13 Å². The summed E-state index contributed by atoms with van der Waals surface area (Å²) in [6.45, 7) is 2.35. The SMILES string of the molecule is CC/C=C\C/C=C\C/C=C\C/C=C\C/C=C\C/C=C\CCCCCCCCCCCCCCCCC(=O)OCC(O)COP(=O)(O)OCC(O)COP(=O)(O)OCC(COC(=O)CCCCC/C=C\C/C=C\C/C=C\C/C=C\C/C=C\CC)OC(=O)CCCCCCC/C=C\CCCC. The number of phosphoric ester groups is 2. The molecule has 0 rings (SSSR count). The number of carbonyl (C=O) groups excluding carboxylic acids is 3. The predicted octanol–water partition coefficient (Wildman–Crippen LogP) is 22.1. The second-order valence-corrected chi connectivity index (χ2v) is 27.9. The van der Waals surface area contributed by atoms with E-state index in [0.29, 0.717) is 19.3 Å². The summed E-state index contributed by atoms with van der Waals surface area (Å²) < 4.78 is 60.9. The number of phosphoric acid groups is 2. The maximum absolute atomic E-state index is 12.9. The molecule has 18 heteroatoms. The molecule has 5 atom stereocenters. The average Bonchev–Trinajstić information content (AvgIpc) is 1.28. The molecule has 0 aliphatic carbocycles. The highest BCUT2D eigenvalue weighted by atomic mass is 31.2. The van der Waals surface area contributed by atoms with E-state index < -0.39 is 91.5 Å². The molecule has 5 unspecified atom stereocenters. The summed E-state index contributed by atoms with van der Waals surface area (Å²) in [7, 11) is -9.79. The van der Waals surface area contributed by atoms with E-state index in [4.69, 9.17) is 32.3 Å². The van der Waals surface area contributed by atoms with Crippen molar-refractivity contribution in [3.05, 3.63) is 146 Å². The lowest BCUT2D eigenvalue weighted by atomic mass is 10.0. The number of aliphatic hydroxyl groups is 2. The summed E-state index contributed by atoms with van der Waals surface area (Å²) in [6.07, 6.45) is 89.3. The molecule has 99 heavy (non-hydrogen) atoms. The molecule has 0 amide bonds. The van der Waals surface area contributed by atoms with Gasteiger partial charge in [-0.2, -0.15) is 0 Å². The number of hydrogen-bond donors (Lipinski definition) is 4. The van der Waals surface area contributed by atoms with Crippen LogP contribution in [0.2, 0.25) is 0 Å². The quantitative estimate of drug-likeness (QED) is 0.0146. The lowest BCUT2D eigenvalue weighted by molar-refractivity contribution is -0.161. The molecule has 0 saturated heterocycles. The molecule has 0 aromatic heterocycles. The highest BCUT2D eigenvalue weighted by molar-refractivity contribution is 7.47. The van der Waals surface area contributed by atoms with Crippen molar-refractivity contribution >= 4 is 33.6 Å². The fourth-order valence-corrected chi connectivity index (χ4v) is 11.3. The third-order valence-electron chi connectivity index (χ3n) is 15.5. The Labute approximate surface area is 600 Å². The van der Waals surface area contributed by atoms with Gasteiger partial charge in [0.1, 0.15) is 25.4 Å². The fourth-order valence-electron chi connectivity index (χ4n) is 9.76. The van der Waals surface area contributed by atoms with Crippen LogP contribution < -0.4 is 0 Å². The summed E-state index contributed by atoms with van der Waals surface area (Å²) >= 11 is 0. The number of aliphatic hydroxyl groups excluding tert-OH is 2. The Kier molecular flexibility index (Phi) is 69.8. The minimum absolute atomic E-state index is 0.0835. The van der Waals surface area contributed by atoms with Crippen molar-refractivity contribution in [1.29, 1.82) is 0 Å². The zero-order chi connectivity index (χ0) is 72.3. The minimum Gasteiger partial charge on any atom is -0.463 e. The van der Waals surface area contributed by atoms with Gasteiger partial charge in [0.25, 0.3) is 0 Å². The zero-order valence-electron chi connectivity index (χ0n) is 61.6.